The van der Waals surface area contributed by atoms with E-state index in [1.807, 2.05) is 0 Å². The summed E-state index contributed by atoms with van der Waals surface area (Å²) >= 11 is 0. The highest BCUT2D eigenvalue weighted by atomic mass is 16.7. The van der Waals surface area contributed by atoms with E-state index in [1.165, 1.54) is 6.08 Å². The van der Waals surface area contributed by atoms with Gasteiger partial charge in [-0.25, -0.2) is 4.79 Å². The van der Waals surface area contributed by atoms with Gasteiger partial charge in [0, 0.05) is 12.8 Å². The summed E-state index contributed by atoms with van der Waals surface area (Å²) in [5, 5.41) is 20.8. The summed E-state index contributed by atoms with van der Waals surface area (Å²) in [4.78, 5) is 39.3. The van der Waals surface area contributed by atoms with Crippen LogP contribution in [-0.2, 0) is 19.2 Å². The zero-order valence-electron chi connectivity index (χ0n) is 11.7. The van der Waals surface area contributed by atoms with Crippen LogP contribution in [0, 0.1) is 0 Å². The van der Waals surface area contributed by atoms with Crippen molar-refractivity contribution in [3.8, 4) is 0 Å². The van der Waals surface area contributed by atoms with Crippen molar-refractivity contribution in [1.29, 1.82) is 0 Å². The van der Waals surface area contributed by atoms with E-state index in [0.29, 0.717) is 11.5 Å². The van der Waals surface area contributed by atoms with E-state index >= 15 is 0 Å². The lowest BCUT2D eigenvalue weighted by atomic mass is 9.85. The SMILES string of the molecule is O=C(CC1(O)CCCC/C=C\C1O)ON1C(=O)CCC1=O. The van der Waals surface area contributed by atoms with Crippen molar-refractivity contribution in [1.82, 2.24) is 5.06 Å². The molecule has 7 heteroatoms. The topological polar surface area (TPSA) is 104 Å². The summed E-state index contributed by atoms with van der Waals surface area (Å²) in [6, 6.07) is 0. The average Bonchev–Trinajstić information content (AvgIpc) is 2.72. The van der Waals surface area contributed by atoms with E-state index in [4.69, 9.17) is 4.84 Å². The summed E-state index contributed by atoms with van der Waals surface area (Å²) < 4.78 is 0. The van der Waals surface area contributed by atoms with Gasteiger partial charge in [0.15, 0.2) is 0 Å². The first-order chi connectivity index (χ1) is 9.92. The Morgan fingerprint density at radius 1 is 1.33 bits per heavy atom. The third-order valence-electron chi connectivity index (χ3n) is 3.75. The Labute approximate surface area is 122 Å². The zero-order chi connectivity index (χ0) is 15.5. The van der Waals surface area contributed by atoms with Crippen LogP contribution in [0.1, 0.15) is 44.9 Å². The number of amides is 2. The molecule has 0 aromatic carbocycles. The molecule has 116 valence electrons. The van der Waals surface area contributed by atoms with Gasteiger partial charge in [0.1, 0.15) is 11.7 Å². The minimum atomic E-state index is -1.64. The van der Waals surface area contributed by atoms with Gasteiger partial charge in [-0.15, -0.1) is 5.06 Å². The number of aliphatic hydroxyl groups excluding tert-OH is 1. The minimum absolute atomic E-state index is 0.0156. The molecule has 2 unspecified atom stereocenters. The number of hydrogen-bond acceptors (Lipinski definition) is 6. The first-order valence-corrected chi connectivity index (χ1v) is 7.06. The Hall–Kier alpha value is -1.73. The Bertz CT molecular complexity index is 458. The predicted molar refractivity (Wildman–Crippen MR) is 70.4 cm³/mol. The standard InChI is InChI=1S/C14H19NO6/c16-10-5-3-1-2-4-8-14(10,20)9-13(19)21-15-11(17)6-7-12(15)18/h3,5,10,16,20H,1-2,4,6-9H2/b5-3-. The number of imide groups is 1. The van der Waals surface area contributed by atoms with Gasteiger partial charge in [-0.1, -0.05) is 18.6 Å². The molecule has 2 rings (SSSR count). The molecule has 1 aliphatic heterocycles. The molecule has 0 aromatic rings. The number of hydroxylamine groups is 2. The maximum absolute atomic E-state index is 11.8. The second-order valence-electron chi connectivity index (χ2n) is 5.44. The maximum atomic E-state index is 11.8. The summed E-state index contributed by atoms with van der Waals surface area (Å²) in [6.45, 7) is 0. The molecular formula is C14H19NO6. The lowest BCUT2D eigenvalue weighted by Crippen LogP contribution is -2.45. The largest absolute Gasteiger partial charge is 0.386 e. The second kappa shape index (κ2) is 6.36. The zero-order valence-corrected chi connectivity index (χ0v) is 11.7. The second-order valence-corrected chi connectivity index (χ2v) is 5.44. The molecule has 21 heavy (non-hydrogen) atoms. The number of hydrogen-bond donors (Lipinski definition) is 2. The average molecular weight is 297 g/mol. The van der Waals surface area contributed by atoms with Crippen molar-refractivity contribution in [3.63, 3.8) is 0 Å². The molecule has 0 radical (unpaired) electrons. The maximum Gasteiger partial charge on any atom is 0.336 e. The summed E-state index contributed by atoms with van der Waals surface area (Å²) in [5.74, 6) is -2.05. The van der Waals surface area contributed by atoms with E-state index < -0.39 is 35.9 Å². The van der Waals surface area contributed by atoms with E-state index in [0.717, 1.165) is 12.8 Å². The Morgan fingerprint density at radius 2 is 2.00 bits per heavy atom. The Balaban J connectivity index is 1.99. The summed E-state index contributed by atoms with van der Waals surface area (Å²) in [5.41, 5.74) is -1.64. The van der Waals surface area contributed by atoms with E-state index in [-0.39, 0.29) is 19.3 Å². The van der Waals surface area contributed by atoms with Gasteiger partial charge in [-0.2, -0.15) is 0 Å². The normalized spacial score (nSPS) is 31.7. The van der Waals surface area contributed by atoms with Gasteiger partial charge in [0.25, 0.3) is 11.8 Å². The molecule has 0 spiro atoms. The van der Waals surface area contributed by atoms with Crippen LogP contribution in [0.15, 0.2) is 12.2 Å². The Morgan fingerprint density at radius 3 is 2.67 bits per heavy atom. The van der Waals surface area contributed by atoms with Crippen LogP contribution in [0.3, 0.4) is 0 Å². The predicted octanol–water partition coefficient (Wildman–Crippen LogP) is 0.206. The van der Waals surface area contributed by atoms with E-state index in [9.17, 15) is 24.6 Å². The van der Waals surface area contributed by atoms with Crippen molar-refractivity contribution in [2.75, 3.05) is 0 Å². The van der Waals surface area contributed by atoms with Crippen LogP contribution in [0.25, 0.3) is 0 Å². The fourth-order valence-corrected chi connectivity index (χ4v) is 2.48. The molecule has 1 heterocycles. The Kier molecular flexibility index (Phi) is 4.74. The number of rotatable bonds is 3. The number of nitrogens with zero attached hydrogens (tertiary/aromatic N) is 1. The number of allylic oxidation sites excluding steroid dienone is 1. The first kappa shape index (κ1) is 15.7. The molecule has 2 N–H and O–H groups in total. The van der Waals surface area contributed by atoms with Crippen LogP contribution in [0.2, 0.25) is 0 Å². The van der Waals surface area contributed by atoms with Crippen molar-refractivity contribution >= 4 is 17.8 Å². The molecule has 2 aliphatic rings. The number of carbonyl (C=O) groups is 3. The van der Waals surface area contributed by atoms with Gasteiger partial charge in [0.05, 0.1) is 6.42 Å². The highest BCUT2D eigenvalue weighted by Crippen LogP contribution is 2.27. The fourth-order valence-electron chi connectivity index (χ4n) is 2.48. The van der Waals surface area contributed by atoms with Gasteiger partial charge in [-0.05, 0) is 19.3 Å². The third kappa shape index (κ3) is 3.68. The highest BCUT2D eigenvalue weighted by Gasteiger charge is 2.40. The van der Waals surface area contributed by atoms with Crippen LogP contribution >= 0.6 is 0 Å². The lowest BCUT2D eigenvalue weighted by molar-refractivity contribution is -0.202. The quantitative estimate of drug-likeness (QED) is 0.570. The fraction of sp³-hybridized carbons (Fsp3) is 0.643. The highest BCUT2D eigenvalue weighted by molar-refractivity contribution is 6.01. The van der Waals surface area contributed by atoms with E-state index in [2.05, 4.69) is 0 Å². The van der Waals surface area contributed by atoms with Crippen LogP contribution in [-0.4, -0.2) is 44.8 Å². The summed E-state index contributed by atoms with van der Waals surface area (Å²) in [7, 11) is 0. The molecule has 0 bridgehead atoms. The van der Waals surface area contributed by atoms with Crippen molar-refractivity contribution < 1.29 is 29.4 Å². The molecule has 1 saturated heterocycles. The third-order valence-corrected chi connectivity index (χ3v) is 3.75. The number of carbonyl (C=O) groups excluding carboxylic acids is 3. The van der Waals surface area contributed by atoms with Crippen molar-refractivity contribution in [3.05, 3.63) is 12.2 Å². The lowest BCUT2D eigenvalue weighted by Gasteiger charge is -2.32. The van der Waals surface area contributed by atoms with E-state index in [1.54, 1.807) is 6.08 Å². The molecule has 7 nitrogen and oxygen atoms in total. The van der Waals surface area contributed by atoms with Gasteiger partial charge < -0.3 is 15.1 Å². The molecule has 1 aliphatic carbocycles. The monoisotopic (exact) mass is 297 g/mol. The van der Waals surface area contributed by atoms with Gasteiger partial charge >= 0.3 is 5.97 Å². The van der Waals surface area contributed by atoms with Gasteiger partial charge in [0.2, 0.25) is 0 Å². The van der Waals surface area contributed by atoms with Crippen molar-refractivity contribution in [2.45, 2.75) is 56.7 Å². The van der Waals surface area contributed by atoms with Gasteiger partial charge in [-0.3, -0.25) is 9.59 Å². The molecule has 0 aromatic heterocycles. The summed E-state index contributed by atoms with van der Waals surface area (Å²) in [6.07, 6.45) is 4.15. The number of aliphatic hydroxyl groups is 2. The first-order valence-electron chi connectivity index (χ1n) is 7.06. The molecular weight excluding hydrogens is 278 g/mol. The van der Waals surface area contributed by atoms with Crippen LogP contribution in [0.5, 0.6) is 0 Å². The molecule has 2 atom stereocenters. The molecule has 2 amide bonds. The smallest absolute Gasteiger partial charge is 0.336 e. The molecule has 1 fully saturated rings. The minimum Gasteiger partial charge on any atom is -0.386 e. The van der Waals surface area contributed by atoms with Crippen LogP contribution < -0.4 is 0 Å². The molecule has 0 saturated carbocycles. The van der Waals surface area contributed by atoms with Crippen LogP contribution in [0.4, 0.5) is 0 Å². The van der Waals surface area contributed by atoms with Crippen molar-refractivity contribution in [2.24, 2.45) is 0 Å².